The first-order valence-corrected chi connectivity index (χ1v) is 6.75. The Kier molecular flexibility index (Phi) is 2.87. The van der Waals surface area contributed by atoms with E-state index in [0.717, 1.165) is 35.3 Å². The zero-order valence-corrected chi connectivity index (χ0v) is 12.1. The van der Waals surface area contributed by atoms with E-state index < -0.39 is 4.92 Å². The lowest BCUT2D eigenvalue weighted by molar-refractivity contribution is -0.384. The second-order valence-electron chi connectivity index (χ2n) is 5.36. The largest absolute Gasteiger partial charge is 0.490 e. The first-order valence-electron chi connectivity index (χ1n) is 6.75. The standard InChI is InChI=1S/C15H15N3O3/c1-8-6-11-12(14(18(19)20)15(8)21-3)9(2)13-10(7-16)4-5-17(11)13/h6,10H,4-5H2,1-3H3. The molecular formula is C15H15N3O3. The van der Waals surface area contributed by atoms with Crippen LogP contribution in [0.5, 0.6) is 5.75 Å². The van der Waals surface area contributed by atoms with E-state index in [4.69, 9.17) is 4.74 Å². The third kappa shape index (κ3) is 1.64. The predicted octanol–water partition coefficient (Wildman–Crippen LogP) is 3.19. The van der Waals surface area contributed by atoms with Gasteiger partial charge in [0.05, 0.1) is 34.9 Å². The van der Waals surface area contributed by atoms with Crippen molar-refractivity contribution < 1.29 is 9.66 Å². The Morgan fingerprint density at radius 1 is 1.52 bits per heavy atom. The van der Waals surface area contributed by atoms with E-state index in [1.54, 1.807) is 6.92 Å². The average Bonchev–Trinajstić information content (AvgIpc) is 2.98. The average molecular weight is 285 g/mol. The quantitative estimate of drug-likeness (QED) is 0.626. The maximum atomic E-state index is 11.5. The van der Waals surface area contributed by atoms with Crippen molar-refractivity contribution in [3.05, 3.63) is 33.0 Å². The maximum Gasteiger partial charge on any atom is 0.320 e. The van der Waals surface area contributed by atoms with Crippen LogP contribution in [0.2, 0.25) is 0 Å². The van der Waals surface area contributed by atoms with E-state index in [-0.39, 0.29) is 11.6 Å². The van der Waals surface area contributed by atoms with E-state index in [1.165, 1.54) is 7.11 Å². The molecule has 1 unspecified atom stereocenters. The van der Waals surface area contributed by atoms with Gasteiger partial charge in [-0.25, -0.2) is 0 Å². The van der Waals surface area contributed by atoms with E-state index in [0.29, 0.717) is 11.1 Å². The number of benzene rings is 1. The highest BCUT2D eigenvalue weighted by Crippen LogP contribution is 2.45. The van der Waals surface area contributed by atoms with Gasteiger partial charge in [-0.2, -0.15) is 5.26 Å². The molecule has 1 aliphatic rings. The summed E-state index contributed by atoms with van der Waals surface area (Å²) >= 11 is 0. The summed E-state index contributed by atoms with van der Waals surface area (Å²) in [6.07, 6.45) is 0.765. The van der Waals surface area contributed by atoms with Crippen molar-refractivity contribution in [2.24, 2.45) is 0 Å². The summed E-state index contributed by atoms with van der Waals surface area (Å²) in [5.41, 5.74) is 3.29. The molecule has 0 fully saturated rings. The third-order valence-electron chi connectivity index (χ3n) is 4.27. The first kappa shape index (κ1) is 13.4. The molecule has 0 aliphatic carbocycles. The van der Waals surface area contributed by atoms with Gasteiger partial charge in [0, 0.05) is 17.8 Å². The number of aromatic nitrogens is 1. The lowest BCUT2D eigenvalue weighted by Gasteiger charge is -2.08. The van der Waals surface area contributed by atoms with Gasteiger partial charge in [-0.3, -0.25) is 10.1 Å². The number of nitro benzene ring substituents is 1. The molecule has 108 valence electrons. The summed E-state index contributed by atoms with van der Waals surface area (Å²) in [5.74, 6) is 0.108. The Balaban J connectivity index is 2.49. The molecular weight excluding hydrogens is 270 g/mol. The Morgan fingerprint density at radius 2 is 2.24 bits per heavy atom. The third-order valence-corrected chi connectivity index (χ3v) is 4.27. The minimum absolute atomic E-state index is 0.00332. The lowest BCUT2D eigenvalue weighted by Crippen LogP contribution is -1.99. The van der Waals surface area contributed by atoms with E-state index >= 15 is 0 Å². The van der Waals surface area contributed by atoms with Gasteiger partial charge in [0.25, 0.3) is 0 Å². The Morgan fingerprint density at radius 3 is 2.81 bits per heavy atom. The lowest BCUT2D eigenvalue weighted by atomic mass is 10.00. The number of methoxy groups -OCH3 is 1. The molecule has 0 spiro atoms. The van der Waals surface area contributed by atoms with Crippen molar-refractivity contribution in [2.75, 3.05) is 7.11 Å². The summed E-state index contributed by atoms with van der Waals surface area (Å²) in [7, 11) is 1.44. The van der Waals surface area contributed by atoms with Crippen LogP contribution in [-0.2, 0) is 6.54 Å². The highest BCUT2D eigenvalue weighted by Gasteiger charge is 2.33. The molecule has 2 aromatic rings. The molecule has 6 nitrogen and oxygen atoms in total. The number of nitro groups is 1. The molecule has 0 saturated heterocycles. The molecule has 0 saturated carbocycles. The van der Waals surface area contributed by atoms with Gasteiger partial charge in [0.2, 0.25) is 5.75 Å². The molecule has 0 radical (unpaired) electrons. The van der Waals surface area contributed by atoms with Crippen molar-refractivity contribution >= 4 is 16.6 Å². The number of hydrogen-bond donors (Lipinski definition) is 0. The Labute approximate surface area is 121 Å². The minimum atomic E-state index is -0.391. The molecule has 0 bridgehead atoms. The van der Waals surface area contributed by atoms with Crippen LogP contribution in [0.25, 0.3) is 10.9 Å². The molecule has 6 heteroatoms. The molecule has 2 heterocycles. The fourth-order valence-electron chi connectivity index (χ4n) is 3.45. The monoisotopic (exact) mass is 285 g/mol. The van der Waals surface area contributed by atoms with Gasteiger partial charge >= 0.3 is 5.69 Å². The summed E-state index contributed by atoms with van der Waals surface area (Å²) in [5, 5.41) is 21.4. The van der Waals surface area contributed by atoms with Gasteiger partial charge in [-0.15, -0.1) is 0 Å². The molecule has 0 N–H and O–H groups in total. The summed E-state index contributed by atoms with van der Waals surface area (Å²) in [6.45, 7) is 4.38. The van der Waals surface area contributed by atoms with E-state index in [2.05, 4.69) is 6.07 Å². The van der Waals surface area contributed by atoms with Gasteiger partial charge in [-0.1, -0.05) is 0 Å². The normalized spacial score (nSPS) is 16.8. The zero-order chi connectivity index (χ0) is 15.3. The van der Waals surface area contributed by atoms with Crippen LogP contribution in [0.15, 0.2) is 6.07 Å². The number of rotatable bonds is 2. The number of fused-ring (bicyclic) bond motifs is 3. The maximum absolute atomic E-state index is 11.5. The molecule has 1 aliphatic heterocycles. The van der Waals surface area contributed by atoms with Crippen molar-refractivity contribution in [3.63, 3.8) is 0 Å². The van der Waals surface area contributed by atoms with Gasteiger partial charge < -0.3 is 9.30 Å². The van der Waals surface area contributed by atoms with E-state index in [1.807, 2.05) is 17.6 Å². The SMILES string of the molecule is COc1c(C)cc2c(c(C)c3n2CCC3C#N)c1[N+](=O)[O-]. The van der Waals surface area contributed by atoms with Crippen molar-refractivity contribution in [3.8, 4) is 11.8 Å². The zero-order valence-electron chi connectivity index (χ0n) is 12.1. The van der Waals surface area contributed by atoms with Crippen LogP contribution in [0.3, 0.4) is 0 Å². The smallest absolute Gasteiger partial charge is 0.320 e. The van der Waals surface area contributed by atoms with Crippen LogP contribution in [0.1, 0.15) is 29.2 Å². The molecule has 1 aromatic carbocycles. The molecule has 1 aromatic heterocycles. The van der Waals surface area contributed by atoms with Crippen molar-refractivity contribution in [1.82, 2.24) is 4.57 Å². The van der Waals surface area contributed by atoms with Crippen molar-refractivity contribution in [2.45, 2.75) is 32.7 Å². The number of aryl methyl sites for hydroxylation is 3. The van der Waals surface area contributed by atoms with Crippen molar-refractivity contribution in [1.29, 1.82) is 5.26 Å². The van der Waals surface area contributed by atoms with Gasteiger partial charge in [0.15, 0.2) is 0 Å². The summed E-state index contributed by atoms with van der Waals surface area (Å²) < 4.78 is 7.28. The number of nitrogens with zero attached hydrogens (tertiary/aromatic N) is 3. The molecule has 0 amide bonds. The van der Waals surface area contributed by atoms with Crippen LogP contribution in [0.4, 0.5) is 5.69 Å². The first-order chi connectivity index (χ1) is 10.0. The van der Waals surface area contributed by atoms with Crippen LogP contribution < -0.4 is 4.74 Å². The minimum Gasteiger partial charge on any atom is -0.490 e. The summed E-state index contributed by atoms with van der Waals surface area (Å²) in [4.78, 5) is 11.1. The van der Waals surface area contributed by atoms with Crippen LogP contribution >= 0.6 is 0 Å². The number of nitriles is 1. The van der Waals surface area contributed by atoms with E-state index in [9.17, 15) is 15.4 Å². The van der Waals surface area contributed by atoms with Crippen LogP contribution in [-0.4, -0.2) is 16.6 Å². The second-order valence-corrected chi connectivity index (χ2v) is 5.36. The van der Waals surface area contributed by atoms with Crippen LogP contribution in [0, 0.1) is 35.3 Å². The predicted molar refractivity (Wildman–Crippen MR) is 77.6 cm³/mol. The second kappa shape index (κ2) is 4.48. The highest BCUT2D eigenvalue weighted by atomic mass is 16.6. The topological polar surface area (TPSA) is 81.1 Å². The van der Waals surface area contributed by atoms with Gasteiger partial charge in [-0.05, 0) is 31.9 Å². The fourth-order valence-corrected chi connectivity index (χ4v) is 3.45. The molecule has 1 atom stereocenters. The Bertz CT molecular complexity index is 814. The molecule has 21 heavy (non-hydrogen) atoms. The molecule has 3 rings (SSSR count). The fraction of sp³-hybridized carbons (Fsp3) is 0.400. The highest BCUT2D eigenvalue weighted by molar-refractivity contribution is 5.97. The van der Waals surface area contributed by atoms with Gasteiger partial charge in [0.1, 0.15) is 0 Å². The Hall–Kier alpha value is -2.55. The number of hydrogen-bond acceptors (Lipinski definition) is 4. The number of ether oxygens (including phenoxy) is 1. The summed E-state index contributed by atoms with van der Waals surface area (Å²) in [6, 6.07) is 4.21.